The second-order valence-electron chi connectivity index (χ2n) is 6.21. The minimum atomic E-state index is -1.08. The van der Waals surface area contributed by atoms with Crippen molar-refractivity contribution in [3.63, 3.8) is 0 Å². The predicted octanol–water partition coefficient (Wildman–Crippen LogP) is 3.40. The normalized spacial score (nSPS) is 11.9. The first-order valence-electron chi connectivity index (χ1n) is 8.65. The van der Waals surface area contributed by atoms with Gasteiger partial charge in [0.25, 0.3) is 5.91 Å². The van der Waals surface area contributed by atoms with E-state index >= 15 is 0 Å². The minimum Gasteiger partial charge on any atom is -0.480 e. The maximum atomic E-state index is 12.5. The van der Waals surface area contributed by atoms with Crippen LogP contribution in [0.4, 0.5) is 0 Å². The number of hydrogen-bond acceptors (Lipinski definition) is 5. The average Bonchev–Trinajstić information content (AvgIpc) is 2.70. The zero-order valence-corrected chi connectivity index (χ0v) is 16.0. The molecular formula is C21H19NO5S. The van der Waals surface area contributed by atoms with Crippen LogP contribution in [-0.2, 0) is 4.79 Å². The maximum absolute atomic E-state index is 12.5. The molecule has 28 heavy (non-hydrogen) atoms. The molecule has 3 rings (SSSR count). The van der Waals surface area contributed by atoms with Gasteiger partial charge in [0.15, 0.2) is 0 Å². The lowest BCUT2D eigenvalue weighted by atomic mass is 10.0. The van der Waals surface area contributed by atoms with Gasteiger partial charge in [0.2, 0.25) is 0 Å². The van der Waals surface area contributed by atoms with Crippen molar-refractivity contribution >= 4 is 34.6 Å². The molecule has 0 fully saturated rings. The summed E-state index contributed by atoms with van der Waals surface area (Å²) in [4.78, 5) is 36.2. The van der Waals surface area contributed by atoms with Gasteiger partial charge in [0.05, 0.1) is 5.56 Å². The van der Waals surface area contributed by atoms with Crippen molar-refractivity contribution in [2.45, 2.75) is 12.5 Å². The molecule has 0 saturated heterocycles. The lowest BCUT2D eigenvalue weighted by molar-refractivity contribution is -0.139. The van der Waals surface area contributed by atoms with Crippen molar-refractivity contribution in [3.05, 3.63) is 70.6 Å². The fraction of sp³-hybridized carbons (Fsp3) is 0.190. The third-order valence-electron chi connectivity index (χ3n) is 4.29. The Morgan fingerprint density at radius 1 is 1.14 bits per heavy atom. The Morgan fingerprint density at radius 3 is 2.68 bits per heavy atom. The molecule has 0 aliphatic carbocycles. The molecule has 1 atom stereocenters. The summed E-state index contributed by atoms with van der Waals surface area (Å²) in [5, 5.41) is 12.6. The van der Waals surface area contributed by atoms with Gasteiger partial charge in [-0.1, -0.05) is 30.3 Å². The number of aliphatic carboxylic acids is 1. The minimum absolute atomic E-state index is 0.278. The summed E-state index contributed by atoms with van der Waals surface area (Å²) in [6.45, 7) is 0. The highest BCUT2D eigenvalue weighted by molar-refractivity contribution is 7.98. The predicted molar refractivity (Wildman–Crippen MR) is 110 cm³/mol. The number of carboxylic acid groups (broad SMARTS) is 1. The molecule has 1 amide bonds. The third-order valence-corrected chi connectivity index (χ3v) is 4.94. The molecule has 3 aromatic rings. The number of nitrogens with one attached hydrogen (secondary N) is 1. The topological polar surface area (TPSA) is 96.6 Å². The summed E-state index contributed by atoms with van der Waals surface area (Å²) < 4.78 is 5.35. The van der Waals surface area contributed by atoms with Crippen LogP contribution in [-0.4, -0.2) is 35.0 Å². The number of rotatable bonds is 7. The van der Waals surface area contributed by atoms with Gasteiger partial charge >= 0.3 is 11.6 Å². The van der Waals surface area contributed by atoms with Gasteiger partial charge in [0, 0.05) is 10.9 Å². The van der Waals surface area contributed by atoms with E-state index < -0.39 is 23.5 Å². The van der Waals surface area contributed by atoms with Crippen molar-refractivity contribution in [1.29, 1.82) is 0 Å². The van der Waals surface area contributed by atoms with E-state index in [1.165, 1.54) is 11.8 Å². The highest BCUT2D eigenvalue weighted by Crippen LogP contribution is 2.22. The summed E-state index contributed by atoms with van der Waals surface area (Å²) in [5.74, 6) is -0.954. The van der Waals surface area contributed by atoms with Gasteiger partial charge in [-0.15, -0.1) is 0 Å². The van der Waals surface area contributed by atoms with Gasteiger partial charge in [-0.05, 0) is 48.3 Å². The second kappa shape index (κ2) is 8.75. The smallest absolute Gasteiger partial charge is 0.344 e. The van der Waals surface area contributed by atoms with Crippen molar-refractivity contribution in [2.75, 3.05) is 12.0 Å². The lowest BCUT2D eigenvalue weighted by Crippen LogP contribution is -2.41. The molecular weight excluding hydrogens is 378 g/mol. The van der Waals surface area contributed by atoms with E-state index in [4.69, 9.17) is 4.42 Å². The largest absolute Gasteiger partial charge is 0.480 e. The van der Waals surface area contributed by atoms with Gasteiger partial charge in [-0.3, -0.25) is 4.79 Å². The van der Waals surface area contributed by atoms with E-state index in [1.807, 2.05) is 18.4 Å². The monoisotopic (exact) mass is 397 g/mol. The number of fused-ring (bicyclic) bond motifs is 1. The van der Waals surface area contributed by atoms with E-state index in [0.29, 0.717) is 28.9 Å². The van der Waals surface area contributed by atoms with Crippen molar-refractivity contribution in [1.82, 2.24) is 5.32 Å². The number of hydrogen-bond donors (Lipinski definition) is 2. The second-order valence-corrected chi connectivity index (χ2v) is 7.20. The molecule has 0 saturated carbocycles. The van der Waals surface area contributed by atoms with Crippen molar-refractivity contribution < 1.29 is 19.1 Å². The summed E-state index contributed by atoms with van der Waals surface area (Å²) >= 11 is 1.51. The number of carboxylic acids is 1. The highest BCUT2D eigenvalue weighted by atomic mass is 32.2. The van der Waals surface area contributed by atoms with Gasteiger partial charge in [-0.2, -0.15) is 11.8 Å². The fourth-order valence-electron chi connectivity index (χ4n) is 2.83. The number of amides is 1. The number of benzene rings is 2. The number of carbonyl (C=O) groups is 2. The molecule has 0 unspecified atom stereocenters. The van der Waals surface area contributed by atoms with Gasteiger partial charge < -0.3 is 14.8 Å². The summed E-state index contributed by atoms with van der Waals surface area (Å²) in [5.41, 5.74) is 1.14. The molecule has 0 aliphatic heterocycles. The van der Waals surface area contributed by atoms with Crippen LogP contribution >= 0.6 is 11.8 Å². The molecule has 144 valence electrons. The maximum Gasteiger partial charge on any atom is 0.344 e. The lowest BCUT2D eigenvalue weighted by Gasteiger charge is -2.14. The first-order valence-corrected chi connectivity index (χ1v) is 10.0. The zero-order valence-electron chi connectivity index (χ0n) is 15.2. The van der Waals surface area contributed by atoms with Crippen molar-refractivity contribution in [2.24, 2.45) is 0 Å². The molecule has 0 spiro atoms. The summed E-state index contributed by atoms with van der Waals surface area (Å²) in [6, 6.07) is 14.4. The number of thioether (sulfide) groups is 1. The van der Waals surface area contributed by atoms with Crippen LogP contribution < -0.4 is 10.9 Å². The van der Waals surface area contributed by atoms with Crippen LogP contribution in [0.25, 0.3) is 22.1 Å². The molecule has 6 nitrogen and oxygen atoms in total. The number of para-hydroxylation sites is 1. The first kappa shape index (κ1) is 19.7. The molecule has 0 aliphatic rings. The van der Waals surface area contributed by atoms with Gasteiger partial charge in [-0.25, -0.2) is 9.59 Å². The third kappa shape index (κ3) is 4.43. The Labute approximate surface area is 165 Å². The van der Waals surface area contributed by atoms with Crippen LogP contribution in [0.2, 0.25) is 0 Å². The zero-order chi connectivity index (χ0) is 20.1. The van der Waals surface area contributed by atoms with Gasteiger partial charge in [0.1, 0.15) is 11.6 Å². The fourth-order valence-corrected chi connectivity index (χ4v) is 3.30. The van der Waals surface area contributed by atoms with Crippen molar-refractivity contribution in [3.8, 4) is 11.1 Å². The average molecular weight is 397 g/mol. The molecule has 0 radical (unpaired) electrons. The van der Waals surface area contributed by atoms with E-state index in [2.05, 4.69) is 5.32 Å². The highest BCUT2D eigenvalue weighted by Gasteiger charge is 2.20. The Morgan fingerprint density at radius 2 is 1.93 bits per heavy atom. The Kier molecular flexibility index (Phi) is 6.16. The number of carbonyl (C=O) groups excluding carboxylic acids is 1. The van der Waals surface area contributed by atoms with Crippen LogP contribution in [0.5, 0.6) is 0 Å². The Balaban J connectivity index is 1.90. The summed E-state index contributed by atoms with van der Waals surface area (Å²) in [6.07, 6.45) is 2.20. The quantitative estimate of drug-likeness (QED) is 0.593. The Hall–Kier alpha value is -3.06. The first-order chi connectivity index (χ1) is 13.5. The van der Waals surface area contributed by atoms with Crippen LogP contribution in [0.3, 0.4) is 0 Å². The molecule has 1 heterocycles. The Bertz CT molecular complexity index is 1080. The van der Waals surface area contributed by atoms with Crippen LogP contribution in [0.15, 0.2) is 63.8 Å². The molecule has 7 heteroatoms. The van der Waals surface area contributed by atoms with E-state index in [1.54, 1.807) is 42.5 Å². The van der Waals surface area contributed by atoms with E-state index in [-0.39, 0.29) is 5.56 Å². The molecule has 1 aromatic heterocycles. The SMILES string of the molecule is CSCC[C@H](NC(=O)c1cccc(-c2cc3ccccc3oc2=O)c1)C(=O)O. The molecule has 2 N–H and O–H groups in total. The van der Waals surface area contributed by atoms with Crippen LogP contribution in [0.1, 0.15) is 16.8 Å². The van der Waals surface area contributed by atoms with E-state index in [0.717, 1.165) is 5.39 Å². The molecule has 2 aromatic carbocycles. The van der Waals surface area contributed by atoms with Crippen LogP contribution in [0, 0.1) is 0 Å². The summed E-state index contributed by atoms with van der Waals surface area (Å²) in [7, 11) is 0. The standard InChI is InChI=1S/C21H19NO5S/c1-28-10-9-17(20(24)25)22-19(23)15-7-4-6-13(11-15)16-12-14-5-2-3-8-18(14)27-21(16)26/h2-8,11-12,17H,9-10H2,1H3,(H,22,23)(H,24,25)/t17-/m0/s1. The van der Waals surface area contributed by atoms with E-state index in [9.17, 15) is 19.5 Å². The molecule has 0 bridgehead atoms.